The molecule has 0 aromatic heterocycles. The van der Waals surface area contributed by atoms with Crippen molar-refractivity contribution in [1.82, 2.24) is 4.90 Å². The van der Waals surface area contributed by atoms with E-state index in [9.17, 15) is 5.11 Å². The summed E-state index contributed by atoms with van der Waals surface area (Å²) in [5, 5.41) is 10.2. The van der Waals surface area contributed by atoms with E-state index in [4.69, 9.17) is 0 Å². The molecule has 0 aliphatic heterocycles. The third-order valence-corrected chi connectivity index (χ3v) is 2.14. The number of nitrogens with zero attached hydrogens (tertiary/aromatic N) is 1. The summed E-state index contributed by atoms with van der Waals surface area (Å²) in [7, 11) is 0. The summed E-state index contributed by atoms with van der Waals surface area (Å²) in [4.78, 5) is 2.30. The van der Waals surface area contributed by atoms with E-state index >= 15 is 0 Å². The third kappa shape index (κ3) is 8.02. The van der Waals surface area contributed by atoms with Crippen LogP contribution < -0.4 is 5.11 Å². The van der Waals surface area contributed by atoms with Gasteiger partial charge in [0.15, 0.2) is 0 Å². The maximum absolute atomic E-state index is 10.2. The Hall–Kier alpha value is -0.600. The second-order valence-electron chi connectivity index (χ2n) is 3.46. The maximum Gasteiger partial charge on any atom is 0.0163 e. The summed E-state index contributed by atoms with van der Waals surface area (Å²) in [6.07, 6.45) is 8.05. The molecule has 0 amide bonds. The first kappa shape index (κ1) is 13.4. The minimum atomic E-state index is 0.0725. The van der Waals surface area contributed by atoms with E-state index < -0.39 is 0 Å². The molecule has 0 unspecified atom stereocenters. The van der Waals surface area contributed by atoms with Crippen molar-refractivity contribution in [1.29, 1.82) is 0 Å². The molecule has 0 radical (unpaired) electrons. The quantitative estimate of drug-likeness (QED) is 0.392. The van der Waals surface area contributed by atoms with E-state index in [0.717, 1.165) is 38.9 Å². The normalized spacial score (nSPS) is 10.4. The van der Waals surface area contributed by atoms with Gasteiger partial charge in [0, 0.05) is 13.1 Å². The van der Waals surface area contributed by atoms with Crippen LogP contribution in [0.1, 0.15) is 25.7 Å². The zero-order chi connectivity index (χ0) is 10.6. The predicted octanol–water partition coefficient (Wildman–Crippen LogP) is 1.58. The smallest absolute Gasteiger partial charge is 0.0163 e. The Labute approximate surface area is 87.9 Å². The first-order valence-electron chi connectivity index (χ1n) is 5.37. The molecule has 0 spiro atoms. The minimum Gasteiger partial charge on any atom is -0.854 e. The molecule has 0 aliphatic carbocycles. The van der Waals surface area contributed by atoms with Crippen LogP contribution in [0.5, 0.6) is 0 Å². The Bertz CT molecular complexity index is 135. The summed E-state index contributed by atoms with van der Waals surface area (Å²) in [6.45, 7) is 10.4. The Morgan fingerprint density at radius 2 is 1.50 bits per heavy atom. The largest absolute Gasteiger partial charge is 0.854 e. The Morgan fingerprint density at radius 3 is 2.00 bits per heavy atom. The van der Waals surface area contributed by atoms with Gasteiger partial charge in [-0.3, -0.25) is 4.90 Å². The SMILES string of the molecule is C=CCN(CC=C)CCCCCC[O-]. The molecule has 2 nitrogen and oxygen atoms in total. The predicted molar refractivity (Wildman–Crippen MR) is 60.2 cm³/mol. The number of unbranched alkanes of at least 4 members (excludes halogenated alkanes) is 3. The highest BCUT2D eigenvalue weighted by atomic mass is 16.2. The number of rotatable bonds is 10. The summed E-state index contributed by atoms with van der Waals surface area (Å²) in [5.74, 6) is 0. The third-order valence-electron chi connectivity index (χ3n) is 2.14. The molecule has 0 bridgehead atoms. The lowest BCUT2D eigenvalue weighted by molar-refractivity contribution is -0.368. The second kappa shape index (κ2) is 10.5. The molecular formula is C12H22NO-. The van der Waals surface area contributed by atoms with Gasteiger partial charge in [0.1, 0.15) is 0 Å². The first-order chi connectivity index (χ1) is 6.85. The van der Waals surface area contributed by atoms with Crippen LogP contribution >= 0.6 is 0 Å². The van der Waals surface area contributed by atoms with Gasteiger partial charge >= 0.3 is 0 Å². The molecule has 0 rings (SSSR count). The zero-order valence-electron chi connectivity index (χ0n) is 9.08. The molecule has 0 aliphatic rings. The molecule has 0 saturated heterocycles. The van der Waals surface area contributed by atoms with Crippen molar-refractivity contribution in [3.8, 4) is 0 Å². The van der Waals surface area contributed by atoms with Crippen molar-refractivity contribution in [2.45, 2.75) is 25.7 Å². The van der Waals surface area contributed by atoms with Crippen molar-refractivity contribution in [3.05, 3.63) is 25.3 Å². The lowest BCUT2D eigenvalue weighted by Crippen LogP contribution is -2.25. The first-order valence-corrected chi connectivity index (χ1v) is 5.37. The van der Waals surface area contributed by atoms with Crippen LogP contribution in [0.15, 0.2) is 25.3 Å². The summed E-state index contributed by atoms with van der Waals surface area (Å²) in [6, 6.07) is 0. The van der Waals surface area contributed by atoms with Gasteiger partial charge in [-0.05, 0) is 13.0 Å². The fourth-order valence-corrected chi connectivity index (χ4v) is 1.41. The number of hydrogen-bond acceptors (Lipinski definition) is 2. The summed E-state index contributed by atoms with van der Waals surface area (Å²) in [5.41, 5.74) is 0. The van der Waals surface area contributed by atoms with Crippen LogP contribution in [0.2, 0.25) is 0 Å². The van der Waals surface area contributed by atoms with E-state index in [-0.39, 0.29) is 6.61 Å². The molecule has 0 fully saturated rings. The van der Waals surface area contributed by atoms with Gasteiger partial charge in [-0.2, -0.15) is 0 Å². The van der Waals surface area contributed by atoms with E-state index in [0.29, 0.717) is 0 Å². The summed E-state index contributed by atoms with van der Waals surface area (Å²) < 4.78 is 0. The molecule has 0 aromatic rings. The van der Waals surface area contributed by atoms with Gasteiger partial charge in [-0.15, -0.1) is 19.8 Å². The van der Waals surface area contributed by atoms with Gasteiger partial charge in [0.05, 0.1) is 0 Å². The monoisotopic (exact) mass is 196 g/mol. The van der Waals surface area contributed by atoms with Crippen LogP contribution in [0, 0.1) is 0 Å². The van der Waals surface area contributed by atoms with Gasteiger partial charge in [-0.25, -0.2) is 0 Å². The molecule has 0 heterocycles. The van der Waals surface area contributed by atoms with E-state index in [1.165, 1.54) is 6.42 Å². The Kier molecular flexibility index (Phi) is 10.0. The molecule has 0 N–H and O–H groups in total. The topological polar surface area (TPSA) is 26.3 Å². The molecule has 2 heteroatoms. The van der Waals surface area contributed by atoms with Crippen LogP contribution in [-0.2, 0) is 0 Å². The van der Waals surface area contributed by atoms with Crippen LogP contribution in [0.25, 0.3) is 0 Å². The summed E-state index contributed by atoms with van der Waals surface area (Å²) >= 11 is 0. The van der Waals surface area contributed by atoms with Crippen molar-refractivity contribution >= 4 is 0 Å². The highest BCUT2D eigenvalue weighted by Crippen LogP contribution is 2.01. The average Bonchev–Trinajstić information content (AvgIpc) is 2.18. The average molecular weight is 196 g/mol. The molecule has 14 heavy (non-hydrogen) atoms. The lowest BCUT2D eigenvalue weighted by atomic mass is 10.2. The highest BCUT2D eigenvalue weighted by molar-refractivity contribution is 4.79. The van der Waals surface area contributed by atoms with Crippen LogP contribution in [-0.4, -0.2) is 31.1 Å². The Morgan fingerprint density at radius 1 is 0.929 bits per heavy atom. The lowest BCUT2D eigenvalue weighted by Gasteiger charge is -2.18. The van der Waals surface area contributed by atoms with Crippen LogP contribution in [0.3, 0.4) is 0 Å². The van der Waals surface area contributed by atoms with Gasteiger partial charge in [0.2, 0.25) is 0 Å². The van der Waals surface area contributed by atoms with Crippen molar-refractivity contribution in [2.24, 2.45) is 0 Å². The highest BCUT2D eigenvalue weighted by Gasteiger charge is 1.98. The van der Waals surface area contributed by atoms with E-state index in [1.54, 1.807) is 0 Å². The van der Waals surface area contributed by atoms with E-state index in [1.807, 2.05) is 12.2 Å². The zero-order valence-corrected chi connectivity index (χ0v) is 9.08. The standard InChI is InChI=1S/C12H22NO/c1-3-9-13(10-4-2)11-7-5-6-8-12-14/h3-4H,1-2,5-12H2/q-1. The minimum absolute atomic E-state index is 0.0725. The van der Waals surface area contributed by atoms with Gasteiger partial charge in [-0.1, -0.05) is 31.4 Å². The van der Waals surface area contributed by atoms with Gasteiger partial charge < -0.3 is 5.11 Å². The Balaban J connectivity index is 3.39. The van der Waals surface area contributed by atoms with E-state index in [2.05, 4.69) is 18.1 Å². The van der Waals surface area contributed by atoms with Gasteiger partial charge in [0.25, 0.3) is 0 Å². The molecule has 0 saturated carbocycles. The number of hydrogen-bond donors (Lipinski definition) is 0. The fraction of sp³-hybridized carbons (Fsp3) is 0.667. The molecular weight excluding hydrogens is 174 g/mol. The fourth-order valence-electron chi connectivity index (χ4n) is 1.41. The maximum atomic E-state index is 10.2. The molecule has 0 atom stereocenters. The van der Waals surface area contributed by atoms with Crippen molar-refractivity contribution < 1.29 is 5.11 Å². The van der Waals surface area contributed by atoms with Crippen LogP contribution in [0.4, 0.5) is 0 Å². The molecule has 82 valence electrons. The second-order valence-corrected chi connectivity index (χ2v) is 3.46. The molecule has 0 aromatic carbocycles. The van der Waals surface area contributed by atoms with Crippen molar-refractivity contribution in [2.75, 3.05) is 26.2 Å². The van der Waals surface area contributed by atoms with Crippen molar-refractivity contribution in [3.63, 3.8) is 0 Å².